The smallest absolute Gasteiger partial charge is 0.396 e. The molecule has 1 aliphatic rings. The third kappa shape index (κ3) is 3.29. The van der Waals surface area contributed by atoms with E-state index in [0.717, 1.165) is 0 Å². The number of carbonyl (C=O) groups is 3. The maximum absolute atomic E-state index is 11.9. The highest BCUT2D eigenvalue weighted by molar-refractivity contribution is 6.32. The summed E-state index contributed by atoms with van der Waals surface area (Å²) in [6.45, 7) is 9.41. The Balaban J connectivity index is 2.89. The number of esters is 1. The lowest BCUT2D eigenvalue weighted by Gasteiger charge is -2.55. The molecule has 1 saturated heterocycles. The molecule has 0 aromatic carbocycles. The number of hydrogen-bond donors (Lipinski definition) is 1. The van der Waals surface area contributed by atoms with Crippen molar-refractivity contribution in [2.24, 2.45) is 0 Å². The van der Waals surface area contributed by atoms with Gasteiger partial charge in [-0.25, -0.2) is 4.79 Å². The molecule has 0 aliphatic carbocycles. The SMILES string of the molecule is COC(=O)C(=O)NC1CC(C)(C)N(C(C)=O)C(C)(C)C1. The van der Waals surface area contributed by atoms with Crippen molar-refractivity contribution in [2.75, 3.05) is 7.11 Å². The molecule has 1 aliphatic heterocycles. The summed E-state index contributed by atoms with van der Waals surface area (Å²) in [7, 11) is 1.17. The molecule has 0 unspecified atom stereocenters. The topological polar surface area (TPSA) is 75.7 Å². The number of rotatable bonds is 1. The molecular weight excluding hydrogens is 260 g/mol. The Kier molecular flexibility index (Phi) is 4.46. The first-order chi connectivity index (χ1) is 9.01. The Hall–Kier alpha value is -1.59. The average molecular weight is 284 g/mol. The van der Waals surface area contributed by atoms with Gasteiger partial charge in [-0.15, -0.1) is 0 Å². The van der Waals surface area contributed by atoms with Crippen molar-refractivity contribution in [2.45, 2.75) is 64.6 Å². The zero-order chi connectivity index (χ0) is 15.7. The maximum Gasteiger partial charge on any atom is 0.396 e. The van der Waals surface area contributed by atoms with Crippen LogP contribution in [0.4, 0.5) is 0 Å². The van der Waals surface area contributed by atoms with E-state index in [1.807, 2.05) is 32.6 Å². The van der Waals surface area contributed by atoms with Crippen molar-refractivity contribution in [1.29, 1.82) is 0 Å². The fraction of sp³-hybridized carbons (Fsp3) is 0.786. The summed E-state index contributed by atoms with van der Waals surface area (Å²) in [5.41, 5.74) is -0.775. The first kappa shape index (κ1) is 16.5. The van der Waals surface area contributed by atoms with Gasteiger partial charge >= 0.3 is 11.9 Å². The van der Waals surface area contributed by atoms with Crippen LogP contribution < -0.4 is 5.32 Å². The van der Waals surface area contributed by atoms with E-state index in [-0.39, 0.29) is 23.0 Å². The summed E-state index contributed by atoms with van der Waals surface area (Å²) in [5, 5.41) is 2.69. The lowest BCUT2D eigenvalue weighted by atomic mass is 9.77. The van der Waals surface area contributed by atoms with Crippen LogP contribution in [-0.4, -0.2) is 46.9 Å². The standard InChI is InChI=1S/C14H24N2O4/c1-9(17)16-13(2,3)7-10(8-14(16,4)5)15-11(18)12(19)20-6/h10H,7-8H2,1-6H3,(H,15,18). The Labute approximate surface area is 119 Å². The molecule has 20 heavy (non-hydrogen) atoms. The molecule has 0 atom stereocenters. The molecule has 6 heteroatoms. The van der Waals surface area contributed by atoms with E-state index in [0.29, 0.717) is 12.8 Å². The third-order valence-corrected chi connectivity index (χ3v) is 3.72. The second-order valence-corrected chi connectivity index (χ2v) is 6.55. The van der Waals surface area contributed by atoms with Crippen LogP contribution in [0.2, 0.25) is 0 Å². The van der Waals surface area contributed by atoms with Crippen LogP contribution in [0.25, 0.3) is 0 Å². The monoisotopic (exact) mass is 284 g/mol. The minimum absolute atomic E-state index is 0.0118. The van der Waals surface area contributed by atoms with Gasteiger partial charge in [-0.1, -0.05) is 0 Å². The van der Waals surface area contributed by atoms with Crippen molar-refractivity contribution in [3.05, 3.63) is 0 Å². The van der Waals surface area contributed by atoms with E-state index in [9.17, 15) is 14.4 Å². The number of ether oxygens (including phenoxy) is 1. The van der Waals surface area contributed by atoms with Gasteiger partial charge in [0, 0.05) is 24.0 Å². The Bertz CT molecular complexity index is 411. The van der Waals surface area contributed by atoms with E-state index >= 15 is 0 Å². The van der Waals surface area contributed by atoms with Crippen molar-refractivity contribution in [3.8, 4) is 0 Å². The van der Waals surface area contributed by atoms with Gasteiger partial charge in [0.1, 0.15) is 0 Å². The number of hydrogen-bond acceptors (Lipinski definition) is 4. The lowest BCUT2D eigenvalue weighted by molar-refractivity contribution is -0.155. The van der Waals surface area contributed by atoms with Gasteiger partial charge in [-0.05, 0) is 40.5 Å². The molecule has 0 spiro atoms. The Morgan fingerprint density at radius 1 is 1.10 bits per heavy atom. The van der Waals surface area contributed by atoms with Gasteiger partial charge in [0.15, 0.2) is 0 Å². The normalized spacial score (nSPS) is 21.2. The first-order valence-corrected chi connectivity index (χ1v) is 6.71. The Morgan fingerprint density at radius 3 is 1.90 bits per heavy atom. The number of nitrogens with zero attached hydrogens (tertiary/aromatic N) is 1. The van der Waals surface area contributed by atoms with Gasteiger partial charge < -0.3 is 15.0 Å². The van der Waals surface area contributed by atoms with E-state index < -0.39 is 11.9 Å². The molecule has 0 aromatic rings. The minimum Gasteiger partial charge on any atom is -0.462 e. The first-order valence-electron chi connectivity index (χ1n) is 6.71. The van der Waals surface area contributed by atoms with Crippen molar-refractivity contribution < 1.29 is 19.1 Å². The molecule has 1 rings (SSSR count). The van der Waals surface area contributed by atoms with Crippen LogP contribution in [0.5, 0.6) is 0 Å². The second-order valence-electron chi connectivity index (χ2n) is 6.55. The molecular formula is C14H24N2O4. The average Bonchev–Trinajstić information content (AvgIpc) is 2.23. The fourth-order valence-corrected chi connectivity index (χ4v) is 3.57. The molecule has 1 fully saturated rings. The molecule has 1 heterocycles. The molecule has 0 radical (unpaired) electrons. The summed E-state index contributed by atoms with van der Waals surface area (Å²) >= 11 is 0. The highest BCUT2D eigenvalue weighted by atomic mass is 16.5. The number of amides is 2. The van der Waals surface area contributed by atoms with Gasteiger partial charge in [0.25, 0.3) is 0 Å². The predicted octanol–water partition coefficient (Wildman–Crippen LogP) is 0.844. The van der Waals surface area contributed by atoms with E-state index in [1.54, 1.807) is 6.92 Å². The van der Waals surface area contributed by atoms with Crippen molar-refractivity contribution in [3.63, 3.8) is 0 Å². The summed E-state index contributed by atoms with van der Waals surface area (Å²) in [4.78, 5) is 36.5. The number of carbonyl (C=O) groups excluding carboxylic acids is 3. The number of nitrogens with one attached hydrogen (secondary N) is 1. The van der Waals surface area contributed by atoms with E-state index in [1.165, 1.54) is 7.11 Å². The third-order valence-electron chi connectivity index (χ3n) is 3.72. The molecule has 0 aromatic heterocycles. The van der Waals surface area contributed by atoms with E-state index in [4.69, 9.17) is 0 Å². The number of methoxy groups -OCH3 is 1. The molecule has 114 valence electrons. The van der Waals surface area contributed by atoms with Crippen LogP contribution in [0.1, 0.15) is 47.5 Å². The summed E-state index contributed by atoms with van der Waals surface area (Å²) in [6, 6.07) is -0.165. The number of likely N-dealkylation sites (tertiary alicyclic amines) is 1. The maximum atomic E-state index is 11.9. The summed E-state index contributed by atoms with van der Waals surface area (Å²) < 4.78 is 4.40. The quantitative estimate of drug-likeness (QED) is 0.572. The molecule has 2 amide bonds. The summed E-state index contributed by atoms with van der Waals surface area (Å²) in [6.07, 6.45) is 1.19. The van der Waals surface area contributed by atoms with Crippen LogP contribution in [0.15, 0.2) is 0 Å². The molecule has 1 N–H and O–H groups in total. The van der Waals surface area contributed by atoms with Crippen LogP contribution in [-0.2, 0) is 19.1 Å². The molecule has 0 bridgehead atoms. The van der Waals surface area contributed by atoms with Crippen molar-refractivity contribution >= 4 is 17.8 Å². The highest BCUT2D eigenvalue weighted by Crippen LogP contribution is 2.38. The van der Waals surface area contributed by atoms with Crippen LogP contribution in [0, 0.1) is 0 Å². The predicted molar refractivity (Wildman–Crippen MR) is 73.9 cm³/mol. The molecule has 0 saturated carbocycles. The van der Waals surface area contributed by atoms with Gasteiger partial charge in [-0.3, -0.25) is 9.59 Å². The fourth-order valence-electron chi connectivity index (χ4n) is 3.57. The Morgan fingerprint density at radius 2 is 1.55 bits per heavy atom. The van der Waals surface area contributed by atoms with Crippen molar-refractivity contribution in [1.82, 2.24) is 10.2 Å². The van der Waals surface area contributed by atoms with Gasteiger partial charge in [0.05, 0.1) is 7.11 Å². The van der Waals surface area contributed by atoms with E-state index in [2.05, 4.69) is 10.1 Å². The minimum atomic E-state index is -0.894. The highest BCUT2D eigenvalue weighted by Gasteiger charge is 2.47. The lowest BCUT2D eigenvalue weighted by Crippen LogP contribution is -2.65. The largest absolute Gasteiger partial charge is 0.462 e. The number of piperidine rings is 1. The zero-order valence-corrected chi connectivity index (χ0v) is 13.1. The second kappa shape index (κ2) is 5.42. The van der Waals surface area contributed by atoms with Crippen LogP contribution in [0.3, 0.4) is 0 Å². The van der Waals surface area contributed by atoms with Gasteiger partial charge in [0.2, 0.25) is 5.91 Å². The summed E-state index contributed by atoms with van der Waals surface area (Å²) in [5.74, 6) is -1.62. The van der Waals surface area contributed by atoms with Gasteiger partial charge in [-0.2, -0.15) is 0 Å². The zero-order valence-electron chi connectivity index (χ0n) is 13.1. The molecule has 6 nitrogen and oxygen atoms in total. The van der Waals surface area contributed by atoms with Crippen LogP contribution >= 0.6 is 0 Å².